The normalized spacial score (nSPS) is 20.9. The molecule has 2 heteroatoms. The van der Waals surface area contributed by atoms with Crippen molar-refractivity contribution in [3.63, 3.8) is 0 Å². The monoisotopic (exact) mass is 245 g/mol. The van der Waals surface area contributed by atoms with Crippen molar-refractivity contribution in [1.29, 1.82) is 0 Å². The summed E-state index contributed by atoms with van der Waals surface area (Å²) < 4.78 is 5.92. The Morgan fingerprint density at radius 2 is 1.78 bits per heavy atom. The first-order chi connectivity index (χ1) is 8.74. The largest absolute Gasteiger partial charge is 0.488 e. The van der Waals surface area contributed by atoms with Crippen molar-refractivity contribution in [1.82, 2.24) is 0 Å². The van der Waals surface area contributed by atoms with Crippen molar-refractivity contribution in [2.24, 2.45) is 0 Å². The van der Waals surface area contributed by atoms with Gasteiger partial charge in [0.2, 0.25) is 0 Å². The second kappa shape index (κ2) is 4.83. The van der Waals surface area contributed by atoms with Gasteiger partial charge in [0.1, 0.15) is 5.75 Å². The second-order valence-corrected chi connectivity index (χ2v) is 5.90. The highest BCUT2D eigenvalue weighted by Gasteiger charge is 2.25. The van der Waals surface area contributed by atoms with E-state index < -0.39 is 0 Å². The van der Waals surface area contributed by atoms with Crippen LogP contribution in [0.25, 0.3) is 0 Å². The summed E-state index contributed by atoms with van der Waals surface area (Å²) in [6.45, 7) is 2.18. The smallest absolute Gasteiger partial charge is 0.142 e. The molecule has 18 heavy (non-hydrogen) atoms. The summed E-state index contributed by atoms with van der Waals surface area (Å²) in [7, 11) is 0. The zero-order valence-electron chi connectivity index (χ0n) is 11.2. The Balaban J connectivity index is 1.86. The lowest BCUT2D eigenvalue weighted by atomic mass is 9.82. The quantitative estimate of drug-likeness (QED) is 0.811. The van der Waals surface area contributed by atoms with Crippen molar-refractivity contribution >= 4 is 5.69 Å². The summed E-state index contributed by atoms with van der Waals surface area (Å²) in [6.07, 6.45) is 9.59. The minimum atomic E-state index is 0.425. The highest BCUT2D eigenvalue weighted by molar-refractivity contribution is 5.57. The summed E-state index contributed by atoms with van der Waals surface area (Å²) in [5, 5.41) is 0. The third kappa shape index (κ3) is 2.47. The standard InChI is InChI=1S/C16H23NO/c1-11-9-15(17)16(18-13-7-8-13)10-14(11)12-5-3-2-4-6-12/h9-10,12-13H,2-8,17H2,1H3. The minimum absolute atomic E-state index is 0.425. The Morgan fingerprint density at radius 1 is 1.06 bits per heavy atom. The van der Waals surface area contributed by atoms with E-state index in [1.165, 1.54) is 56.1 Å². The predicted octanol–water partition coefficient (Wildman–Crippen LogP) is 4.17. The Morgan fingerprint density at radius 3 is 2.44 bits per heavy atom. The molecule has 0 aromatic heterocycles. The molecule has 0 saturated heterocycles. The Labute approximate surface area is 110 Å². The van der Waals surface area contributed by atoms with Crippen LogP contribution in [0.3, 0.4) is 0 Å². The average molecular weight is 245 g/mol. The number of nitrogen functional groups attached to an aromatic ring is 1. The van der Waals surface area contributed by atoms with Crippen molar-refractivity contribution in [2.45, 2.75) is 63.9 Å². The molecule has 0 spiro atoms. The molecule has 0 bridgehead atoms. The van der Waals surface area contributed by atoms with Crippen LogP contribution in [0.1, 0.15) is 62.0 Å². The fourth-order valence-corrected chi connectivity index (χ4v) is 3.05. The SMILES string of the molecule is Cc1cc(N)c(OC2CC2)cc1C1CCCCC1. The second-order valence-electron chi connectivity index (χ2n) is 5.90. The lowest BCUT2D eigenvalue weighted by Gasteiger charge is -2.24. The molecule has 1 aromatic rings. The first-order valence-electron chi connectivity index (χ1n) is 7.30. The average Bonchev–Trinajstić information content (AvgIpc) is 3.18. The van der Waals surface area contributed by atoms with E-state index >= 15 is 0 Å². The molecule has 0 amide bonds. The number of hydrogen-bond acceptors (Lipinski definition) is 2. The van der Waals surface area contributed by atoms with Crippen LogP contribution in [0.5, 0.6) is 5.75 Å². The lowest BCUT2D eigenvalue weighted by Crippen LogP contribution is -2.08. The van der Waals surface area contributed by atoms with E-state index in [4.69, 9.17) is 10.5 Å². The molecular weight excluding hydrogens is 222 g/mol. The number of anilines is 1. The van der Waals surface area contributed by atoms with Gasteiger partial charge in [-0.15, -0.1) is 0 Å². The number of nitrogens with two attached hydrogens (primary N) is 1. The molecule has 0 aliphatic heterocycles. The number of rotatable bonds is 3. The molecule has 2 nitrogen and oxygen atoms in total. The van der Waals surface area contributed by atoms with Crippen molar-refractivity contribution in [3.05, 3.63) is 23.3 Å². The van der Waals surface area contributed by atoms with Gasteiger partial charge in [-0.2, -0.15) is 0 Å². The van der Waals surface area contributed by atoms with Crippen LogP contribution in [-0.4, -0.2) is 6.10 Å². The van der Waals surface area contributed by atoms with E-state index in [-0.39, 0.29) is 0 Å². The summed E-state index contributed by atoms with van der Waals surface area (Å²) in [4.78, 5) is 0. The Hall–Kier alpha value is -1.18. The van der Waals surface area contributed by atoms with E-state index in [2.05, 4.69) is 19.1 Å². The van der Waals surface area contributed by atoms with Gasteiger partial charge in [-0.3, -0.25) is 0 Å². The maximum atomic E-state index is 6.07. The number of hydrogen-bond donors (Lipinski definition) is 1. The molecule has 0 radical (unpaired) electrons. The molecule has 3 rings (SSSR count). The molecule has 98 valence electrons. The van der Waals surface area contributed by atoms with E-state index in [1.54, 1.807) is 0 Å². The van der Waals surface area contributed by atoms with Gasteiger partial charge < -0.3 is 10.5 Å². The van der Waals surface area contributed by atoms with E-state index in [0.717, 1.165) is 17.4 Å². The fraction of sp³-hybridized carbons (Fsp3) is 0.625. The Bertz CT molecular complexity index is 431. The van der Waals surface area contributed by atoms with Crippen molar-refractivity contribution in [3.8, 4) is 5.75 Å². The summed E-state index contributed by atoms with van der Waals surface area (Å²) in [5.41, 5.74) is 9.68. The van der Waals surface area contributed by atoms with Gasteiger partial charge in [0, 0.05) is 0 Å². The third-order valence-corrected chi connectivity index (χ3v) is 4.26. The summed E-state index contributed by atoms with van der Waals surface area (Å²) >= 11 is 0. The van der Waals surface area contributed by atoms with Gasteiger partial charge in [0.25, 0.3) is 0 Å². The molecule has 2 aliphatic rings. The molecule has 0 atom stereocenters. The molecule has 1 aromatic carbocycles. The minimum Gasteiger partial charge on any atom is -0.488 e. The zero-order chi connectivity index (χ0) is 12.5. The summed E-state index contributed by atoms with van der Waals surface area (Å²) in [5.74, 6) is 1.64. The van der Waals surface area contributed by atoms with Crippen LogP contribution in [-0.2, 0) is 0 Å². The molecule has 2 N–H and O–H groups in total. The number of benzene rings is 1. The first kappa shape index (κ1) is 11.9. The van der Waals surface area contributed by atoms with Crippen LogP contribution in [0.4, 0.5) is 5.69 Å². The molecule has 0 heterocycles. The zero-order valence-corrected chi connectivity index (χ0v) is 11.2. The van der Waals surface area contributed by atoms with Crippen LogP contribution in [0.15, 0.2) is 12.1 Å². The lowest BCUT2D eigenvalue weighted by molar-refractivity contribution is 0.304. The Kier molecular flexibility index (Phi) is 3.19. The van der Waals surface area contributed by atoms with Crippen molar-refractivity contribution < 1.29 is 4.74 Å². The maximum absolute atomic E-state index is 6.07. The van der Waals surface area contributed by atoms with Gasteiger partial charge >= 0.3 is 0 Å². The van der Waals surface area contributed by atoms with Gasteiger partial charge in [-0.05, 0) is 61.8 Å². The number of ether oxygens (including phenoxy) is 1. The van der Waals surface area contributed by atoms with Crippen LogP contribution in [0, 0.1) is 6.92 Å². The van der Waals surface area contributed by atoms with E-state index in [9.17, 15) is 0 Å². The maximum Gasteiger partial charge on any atom is 0.142 e. The highest BCUT2D eigenvalue weighted by Crippen LogP contribution is 2.39. The molecular formula is C16H23NO. The van der Waals surface area contributed by atoms with E-state index in [0.29, 0.717) is 6.10 Å². The van der Waals surface area contributed by atoms with E-state index in [1.807, 2.05) is 0 Å². The molecule has 2 saturated carbocycles. The molecule has 0 unspecified atom stereocenters. The highest BCUT2D eigenvalue weighted by atomic mass is 16.5. The fourth-order valence-electron chi connectivity index (χ4n) is 3.05. The van der Waals surface area contributed by atoms with Crippen LogP contribution in [0.2, 0.25) is 0 Å². The molecule has 2 aliphatic carbocycles. The van der Waals surface area contributed by atoms with Crippen molar-refractivity contribution in [2.75, 3.05) is 5.73 Å². The molecule has 2 fully saturated rings. The first-order valence-corrected chi connectivity index (χ1v) is 7.30. The van der Waals surface area contributed by atoms with Gasteiger partial charge in [0.15, 0.2) is 0 Å². The van der Waals surface area contributed by atoms with Crippen LogP contribution >= 0.6 is 0 Å². The van der Waals surface area contributed by atoms with Gasteiger partial charge in [0.05, 0.1) is 11.8 Å². The predicted molar refractivity (Wildman–Crippen MR) is 75.1 cm³/mol. The third-order valence-electron chi connectivity index (χ3n) is 4.26. The topological polar surface area (TPSA) is 35.2 Å². The van der Waals surface area contributed by atoms with Gasteiger partial charge in [-0.25, -0.2) is 0 Å². The van der Waals surface area contributed by atoms with Crippen LogP contribution < -0.4 is 10.5 Å². The number of aryl methyl sites for hydroxylation is 1. The van der Waals surface area contributed by atoms with Gasteiger partial charge in [-0.1, -0.05) is 19.3 Å². The summed E-state index contributed by atoms with van der Waals surface area (Å²) in [6, 6.07) is 4.32.